The highest BCUT2D eigenvalue weighted by Crippen LogP contribution is 2.26. The summed E-state index contributed by atoms with van der Waals surface area (Å²) in [5.41, 5.74) is 0. The van der Waals surface area contributed by atoms with Gasteiger partial charge in [-0.15, -0.1) is 0 Å². The lowest BCUT2D eigenvalue weighted by molar-refractivity contribution is -0.137. The van der Waals surface area contributed by atoms with Gasteiger partial charge in [0.05, 0.1) is 0 Å². The molecule has 0 unspecified atom stereocenters. The third-order valence-corrected chi connectivity index (χ3v) is 2.74. The average molecular weight is 170 g/mol. The predicted octanol–water partition coefficient (Wildman–Crippen LogP) is 2.82. The maximum absolute atomic E-state index is 10.3. The zero-order chi connectivity index (χ0) is 8.81. The Labute approximate surface area is 74.0 Å². The van der Waals surface area contributed by atoms with Crippen molar-refractivity contribution in [3.63, 3.8) is 0 Å². The van der Waals surface area contributed by atoms with Crippen molar-refractivity contribution in [3.8, 4) is 0 Å². The van der Waals surface area contributed by atoms with Gasteiger partial charge in [-0.2, -0.15) is 0 Å². The second-order valence-corrected chi connectivity index (χ2v) is 3.79. The second-order valence-electron chi connectivity index (χ2n) is 3.79. The van der Waals surface area contributed by atoms with Crippen LogP contribution < -0.4 is 0 Å². The molecular weight excluding hydrogens is 152 g/mol. The van der Waals surface area contributed by atoms with Crippen LogP contribution in [0, 0.1) is 5.92 Å². The molecule has 1 rings (SSSR count). The van der Waals surface area contributed by atoms with E-state index in [9.17, 15) is 4.79 Å². The number of carboxylic acids is 1. The van der Waals surface area contributed by atoms with Crippen molar-refractivity contribution in [1.82, 2.24) is 0 Å². The van der Waals surface area contributed by atoms with Crippen molar-refractivity contribution in [2.45, 2.75) is 51.4 Å². The summed E-state index contributed by atoms with van der Waals surface area (Å²) in [7, 11) is 0. The largest absolute Gasteiger partial charge is 0.481 e. The van der Waals surface area contributed by atoms with Gasteiger partial charge < -0.3 is 5.11 Å². The van der Waals surface area contributed by atoms with Crippen LogP contribution in [-0.2, 0) is 4.79 Å². The Morgan fingerprint density at radius 2 is 1.75 bits per heavy atom. The van der Waals surface area contributed by atoms with E-state index in [1.165, 1.54) is 38.5 Å². The molecule has 0 atom stereocenters. The van der Waals surface area contributed by atoms with Gasteiger partial charge in [0.25, 0.3) is 0 Å². The molecule has 0 bridgehead atoms. The van der Waals surface area contributed by atoms with Crippen LogP contribution in [0.15, 0.2) is 0 Å². The Bertz CT molecular complexity index is 135. The van der Waals surface area contributed by atoms with Gasteiger partial charge in [-0.25, -0.2) is 0 Å². The summed E-state index contributed by atoms with van der Waals surface area (Å²) in [6.07, 6.45) is 9.10. The van der Waals surface area contributed by atoms with Gasteiger partial charge in [0.1, 0.15) is 0 Å². The van der Waals surface area contributed by atoms with Crippen molar-refractivity contribution < 1.29 is 9.90 Å². The third-order valence-electron chi connectivity index (χ3n) is 2.74. The van der Waals surface area contributed by atoms with E-state index in [4.69, 9.17) is 5.11 Å². The van der Waals surface area contributed by atoms with E-state index in [1.54, 1.807) is 0 Å². The first-order chi connectivity index (χ1) is 5.79. The minimum atomic E-state index is -0.640. The fourth-order valence-electron chi connectivity index (χ4n) is 1.98. The fourth-order valence-corrected chi connectivity index (χ4v) is 1.98. The van der Waals surface area contributed by atoms with E-state index < -0.39 is 5.97 Å². The van der Waals surface area contributed by atoms with Crippen LogP contribution in [0.2, 0.25) is 0 Å². The average Bonchev–Trinajstić information content (AvgIpc) is 2.28. The molecule has 0 spiro atoms. The lowest BCUT2D eigenvalue weighted by Gasteiger charge is -2.11. The van der Waals surface area contributed by atoms with Crippen LogP contribution in [0.1, 0.15) is 51.4 Å². The zero-order valence-corrected chi connectivity index (χ0v) is 7.59. The summed E-state index contributed by atoms with van der Waals surface area (Å²) in [5, 5.41) is 8.51. The molecule has 0 heterocycles. The highest BCUT2D eigenvalue weighted by molar-refractivity contribution is 5.66. The van der Waals surface area contributed by atoms with Crippen LogP contribution in [0.5, 0.6) is 0 Å². The van der Waals surface area contributed by atoms with Crippen LogP contribution >= 0.6 is 0 Å². The van der Waals surface area contributed by atoms with Gasteiger partial charge in [-0.3, -0.25) is 4.79 Å². The maximum atomic E-state index is 10.3. The highest BCUT2D eigenvalue weighted by atomic mass is 16.4. The highest BCUT2D eigenvalue weighted by Gasteiger charge is 2.12. The SMILES string of the molecule is O=C(O)CCC1CCCCCC1. The first-order valence-corrected chi connectivity index (χ1v) is 5.01. The van der Waals surface area contributed by atoms with Crippen molar-refractivity contribution in [3.05, 3.63) is 0 Å². The van der Waals surface area contributed by atoms with Crippen LogP contribution in [-0.4, -0.2) is 11.1 Å². The number of carbonyl (C=O) groups is 1. The maximum Gasteiger partial charge on any atom is 0.303 e. The summed E-state index contributed by atoms with van der Waals surface area (Å²) < 4.78 is 0. The van der Waals surface area contributed by atoms with Crippen molar-refractivity contribution in [1.29, 1.82) is 0 Å². The molecular formula is C10H18O2. The van der Waals surface area contributed by atoms with Crippen LogP contribution in [0.3, 0.4) is 0 Å². The van der Waals surface area contributed by atoms with Crippen LogP contribution in [0.4, 0.5) is 0 Å². The Morgan fingerprint density at radius 1 is 1.17 bits per heavy atom. The molecule has 12 heavy (non-hydrogen) atoms. The first-order valence-electron chi connectivity index (χ1n) is 5.01. The van der Waals surface area contributed by atoms with Gasteiger partial charge in [0.15, 0.2) is 0 Å². The van der Waals surface area contributed by atoms with E-state index in [0.717, 1.165) is 6.42 Å². The van der Waals surface area contributed by atoms with E-state index in [-0.39, 0.29) is 0 Å². The Kier molecular flexibility index (Phi) is 4.12. The lowest BCUT2D eigenvalue weighted by Crippen LogP contribution is -2.03. The zero-order valence-electron chi connectivity index (χ0n) is 7.59. The molecule has 1 N–H and O–H groups in total. The number of hydrogen-bond donors (Lipinski definition) is 1. The van der Waals surface area contributed by atoms with Gasteiger partial charge in [0.2, 0.25) is 0 Å². The molecule has 0 aliphatic heterocycles. The standard InChI is InChI=1S/C10H18O2/c11-10(12)8-7-9-5-3-1-2-4-6-9/h9H,1-8H2,(H,11,12). The molecule has 1 aliphatic rings. The Balaban J connectivity index is 2.16. The monoisotopic (exact) mass is 170 g/mol. The summed E-state index contributed by atoms with van der Waals surface area (Å²) in [5.74, 6) is 0.0582. The van der Waals surface area contributed by atoms with Gasteiger partial charge in [0, 0.05) is 6.42 Å². The quantitative estimate of drug-likeness (QED) is 0.661. The molecule has 70 valence electrons. The molecule has 0 saturated heterocycles. The lowest BCUT2D eigenvalue weighted by atomic mass is 9.95. The molecule has 1 fully saturated rings. The first kappa shape index (κ1) is 9.56. The summed E-state index contributed by atoms with van der Waals surface area (Å²) in [4.78, 5) is 10.3. The minimum absolute atomic E-state index is 0.366. The number of hydrogen-bond acceptors (Lipinski definition) is 1. The van der Waals surface area contributed by atoms with E-state index in [2.05, 4.69) is 0 Å². The third kappa shape index (κ3) is 3.74. The van der Waals surface area contributed by atoms with E-state index >= 15 is 0 Å². The van der Waals surface area contributed by atoms with Gasteiger partial charge >= 0.3 is 5.97 Å². The normalized spacial score (nSPS) is 20.3. The molecule has 0 amide bonds. The summed E-state index contributed by atoms with van der Waals surface area (Å²) in [6.45, 7) is 0. The summed E-state index contributed by atoms with van der Waals surface area (Å²) in [6, 6.07) is 0. The molecule has 0 radical (unpaired) electrons. The van der Waals surface area contributed by atoms with Crippen molar-refractivity contribution >= 4 is 5.97 Å². The molecule has 1 saturated carbocycles. The number of carboxylic acid groups (broad SMARTS) is 1. The van der Waals surface area contributed by atoms with Crippen molar-refractivity contribution in [2.75, 3.05) is 0 Å². The molecule has 2 nitrogen and oxygen atoms in total. The van der Waals surface area contributed by atoms with Crippen molar-refractivity contribution in [2.24, 2.45) is 5.92 Å². The van der Waals surface area contributed by atoms with Gasteiger partial charge in [-0.1, -0.05) is 38.5 Å². The molecule has 0 aromatic carbocycles. The molecule has 0 aromatic rings. The molecule has 1 aliphatic carbocycles. The predicted molar refractivity (Wildman–Crippen MR) is 48.1 cm³/mol. The number of aliphatic carboxylic acids is 1. The summed E-state index contributed by atoms with van der Waals surface area (Å²) >= 11 is 0. The van der Waals surface area contributed by atoms with E-state index in [0.29, 0.717) is 12.3 Å². The Hall–Kier alpha value is -0.530. The second kappa shape index (κ2) is 5.18. The molecule has 0 aromatic heterocycles. The minimum Gasteiger partial charge on any atom is -0.481 e. The van der Waals surface area contributed by atoms with Crippen LogP contribution in [0.25, 0.3) is 0 Å². The molecule has 2 heteroatoms. The number of rotatable bonds is 3. The van der Waals surface area contributed by atoms with Gasteiger partial charge in [-0.05, 0) is 12.3 Å². The smallest absolute Gasteiger partial charge is 0.303 e. The topological polar surface area (TPSA) is 37.3 Å². The van der Waals surface area contributed by atoms with E-state index in [1.807, 2.05) is 0 Å². The fraction of sp³-hybridized carbons (Fsp3) is 0.900. The Morgan fingerprint density at radius 3 is 2.25 bits per heavy atom.